The third-order valence-corrected chi connectivity index (χ3v) is 4.71. The Kier molecular flexibility index (Phi) is 12.1. The minimum atomic E-state index is -0.0613. The van der Waals surface area contributed by atoms with E-state index in [1.165, 1.54) is 49.9 Å². The van der Waals surface area contributed by atoms with E-state index in [0.717, 1.165) is 21.4 Å². The monoisotopic (exact) mass is 280 g/mol. The second-order valence-corrected chi connectivity index (χ2v) is 6.28. The van der Waals surface area contributed by atoms with Crippen LogP contribution in [0.1, 0.15) is 51.9 Å². The van der Waals surface area contributed by atoms with Crippen LogP contribution in [0.25, 0.3) is 0 Å². The molecular formula is C12H24O2Se. The normalized spacial score (nSPS) is 10.3. The van der Waals surface area contributed by atoms with Crippen molar-refractivity contribution in [2.45, 2.75) is 62.5 Å². The van der Waals surface area contributed by atoms with E-state index in [9.17, 15) is 4.79 Å². The van der Waals surface area contributed by atoms with Crippen molar-refractivity contribution in [3.8, 4) is 0 Å². The fraction of sp³-hybridized carbons (Fsp3) is 0.917. The van der Waals surface area contributed by atoms with E-state index < -0.39 is 0 Å². The minimum absolute atomic E-state index is 0.0613. The van der Waals surface area contributed by atoms with Gasteiger partial charge in [0.25, 0.3) is 0 Å². The van der Waals surface area contributed by atoms with Crippen molar-refractivity contribution in [3.05, 3.63) is 0 Å². The molecule has 0 spiro atoms. The molecule has 15 heavy (non-hydrogen) atoms. The predicted molar refractivity (Wildman–Crippen MR) is 65.4 cm³/mol. The summed E-state index contributed by atoms with van der Waals surface area (Å²) in [4.78, 5) is 10.8. The van der Waals surface area contributed by atoms with Crippen LogP contribution in [0.15, 0.2) is 0 Å². The molecule has 2 nitrogen and oxygen atoms in total. The standard InChI is InChI=1S/C12H24O2Se/c1-3-4-5-6-7-10-15-11-8-9-12(13)14-2/h3-11H2,1-2H3. The number of hydrogen-bond acceptors (Lipinski definition) is 2. The first kappa shape index (κ1) is 15.0. The zero-order valence-corrected chi connectivity index (χ0v) is 11.8. The van der Waals surface area contributed by atoms with E-state index in [1.54, 1.807) is 0 Å². The van der Waals surface area contributed by atoms with E-state index in [-0.39, 0.29) is 5.97 Å². The summed E-state index contributed by atoms with van der Waals surface area (Å²) in [6, 6.07) is 0. The molecule has 0 fully saturated rings. The van der Waals surface area contributed by atoms with Gasteiger partial charge in [-0.2, -0.15) is 0 Å². The van der Waals surface area contributed by atoms with Crippen molar-refractivity contribution in [2.75, 3.05) is 7.11 Å². The zero-order valence-electron chi connectivity index (χ0n) is 10.1. The Hall–Kier alpha value is -0.0105. The molecule has 0 saturated carbocycles. The van der Waals surface area contributed by atoms with Gasteiger partial charge < -0.3 is 0 Å². The molecule has 0 atom stereocenters. The third-order valence-electron chi connectivity index (χ3n) is 2.29. The van der Waals surface area contributed by atoms with Crippen LogP contribution in [0.2, 0.25) is 10.6 Å². The summed E-state index contributed by atoms with van der Waals surface area (Å²) < 4.78 is 4.59. The first-order chi connectivity index (χ1) is 7.31. The van der Waals surface area contributed by atoms with Gasteiger partial charge in [0.05, 0.1) is 0 Å². The molecule has 90 valence electrons. The molecule has 0 aromatic heterocycles. The van der Waals surface area contributed by atoms with Crippen molar-refractivity contribution in [2.24, 2.45) is 0 Å². The van der Waals surface area contributed by atoms with E-state index in [2.05, 4.69) is 11.7 Å². The van der Waals surface area contributed by atoms with Crippen LogP contribution in [-0.2, 0) is 9.53 Å². The molecule has 0 heterocycles. The van der Waals surface area contributed by atoms with Crippen molar-refractivity contribution in [1.29, 1.82) is 0 Å². The Morgan fingerprint density at radius 1 is 1.07 bits per heavy atom. The number of methoxy groups -OCH3 is 1. The van der Waals surface area contributed by atoms with Gasteiger partial charge in [0, 0.05) is 0 Å². The molecule has 0 radical (unpaired) electrons. The van der Waals surface area contributed by atoms with Gasteiger partial charge in [-0.15, -0.1) is 0 Å². The number of carbonyl (C=O) groups is 1. The van der Waals surface area contributed by atoms with E-state index in [0.29, 0.717) is 6.42 Å². The number of unbranched alkanes of at least 4 members (excludes halogenated alkanes) is 4. The number of carbonyl (C=O) groups excluding carboxylic acids is 1. The average molecular weight is 279 g/mol. The number of rotatable bonds is 10. The van der Waals surface area contributed by atoms with Crippen molar-refractivity contribution >= 4 is 20.9 Å². The molecule has 0 aliphatic rings. The average Bonchev–Trinajstić information content (AvgIpc) is 2.26. The topological polar surface area (TPSA) is 26.3 Å². The molecule has 0 saturated heterocycles. The van der Waals surface area contributed by atoms with Gasteiger partial charge in [0.2, 0.25) is 0 Å². The number of hydrogen-bond donors (Lipinski definition) is 0. The Morgan fingerprint density at radius 3 is 2.40 bits per heavy atom. The quantitative estimate of drug-likeness (QED) is 0.348. The van der Waals surface area contributed by atoms with Gasteiger partial charge in [-0.25, -0.2) is 0 Å². The van der Waals surface area contributed by atoms with Crippen molar-refractivity contribution in [3.63, 3.8) is 0 Å². The second kappa shape index (κ2) is 12.1. The molecule has 0 aliphatic carbocycles. The Morgan fingerprint density at radius 2 is 1.73 bits per heavy atom. The number of esters is 1. The Balaban J connectivity index is 2.95. The summed E-state index contributed by atoms with van der Waals surface area (Å²) in [5.41, 5.74) is 0. The Labute approximate surface area is 100 Å². The molecule has 0 N–H and O–H groups in total. The van der Waals surface area contributed by atoms with E-state index in [4.69, 9.17) is 0 Å². The van der Waals surface area contributed by atoms with Gasteiger partial charge in [0.15, 0.2) is 0 Å². The summed E-state index contributed by atoms with van der Waals surface area (Å²) in [6.45, 7) is 2.25. The molecule has 0 aliphatic heterocycles. The summed E-state index contributed by atoms with van der Waals surface area (Å²) in [6.07, 6.45) is 8.51. The summed E-state index contributed by atoms with van der Waals surface area (Å²) in [5.74, 6) is -0.0613. The fourth-order valence-electron chi connectivity index (χ4n) is 1.33. The Bertz CT molecular complexity index is 149. The molecule has 3 heteroatoms. The summed E-state index contributed by atoms with van der Waals surface area (Å²) in [5, 5.41) is 2.62. The summed E-state index contributed by atoms with van der Waals surface area (Å²) in [7, 11) is 1.46. The maximum absolute atomic E-state index is 10.8. The molecule has 0 amide bonds. The number of ether oxygens (including phenoxy) is 1. The molecule has 0 aromatic rings. The van der Waals surface area contributed by atoms with Gasteiger partial charge in [-0.3, -0.25) is 0 Å². The van der Waals surface area contributed by atoms with Crippen LogP contribution in [0, 0.1) is 0 Å². The molecule has 0 aromatic carbocycles. The van der Waals surface area contributed by atoms with Crippen LogP contribution in [0.5, 0.6) is 0 Å². The van der Waals surface area contributed by atoms with Crippen LogP contribution in [0.4, 0.5) is 0 Å². The van der Waals surface area contributed by atoms with Crippen molar-refractivity contribution < 1.29 is 9.53 Å². The maximum atomic E-state index is 10.8. The predicted octanol–water partition coefficient (Wildman–Crippen LogP) is 3.45. The van der Waals surface area contributed by atoms with Crippen LogP contribution < -0.4 is 0 Å². The van der Waals surface area contributed by atoms with Gasteiger partial charge >= 0.3 is 100 Å². The van der Waals surface area contributed by atoms with Crippen LogP contribution in [-0.4, -0.2) is 28.0 Å². The van der Waals surface area contributed by atoms with Crippen LogP contribution >= 0.6 is 0 Å². The SMILES string of the molecule is CCCCCCC[Se]CCCC(=O)OC. The molecule has 0 rings (SSSR count). The first-order valence-electron chi connectivity index (χ1n) is 5.95. The third kappa shape index (κ3) is 11.9. The molecular weight excluding hydrogens is 255 g/mol. The van der Waals surface area contributed by atoms with E-state index in [1.807, 2.05) is 0 Å². The van der Waals surface area contributed by atoms with Crippen molar-refractivity contribution in [1.82, 2.24) is 0 Å². The second-order valence-electron chi connectivity index (χ2n) is 3.71. The van der Waals surface area contributed by atoms with Gasteiger partial charge in [-0.05, 0) is 0 Å². The fourth-order valence-corrected chi connectivity index (χ4v) is 3.35. The van der Waals surface area contributed by atoms with Gasteiger partial charge in [-0.1, -0.05) is 0 Å². The summed E-state index contributed by atoms with van der Waals surface area (Å²) >= 11 is 0.750. The molecule has 0 bridgehead atoms. The molecule has 0 unspecified atom stereocenters. The zero-order chi connectivity index (χ0) is 11.4. The van der Waals surface area contributed by atoms with Crippen LogP contribution in [0.3, 0.4) is 0 Å². The van der Waals surface area contributed by atoms with E-state index >= 15 is 0 Å². The van der Waals surface area contributed by atoms with Gasteiger partial charge in [0.1, 0.15) is 0 Å². The first-order valence-corrected chi connectivity index (χ1v) is 8.38.